The van der Waals surface area contributed by atoms with Crippen LogP contribution in [0.4, 0.5) is 10.2 Å². The molecule has 2 heterocycles. The molecule has 1 aromatic carbocycles. The van der Waals surface area contributed by atoms with Crippen LogP contribution in [0.5, 0.6) is 0 Å². The van der Waals surface area contributed by atoms with E-state index in [-0.39, 0.29) is 29.9 Å². The minimum absolute atomic E-state index is 0. The lowest BCUT2D eigenvalue weighted by Gasteiger charge is -2.30. The molecule has 0 saturated heterocycles. The summed E-state index contributed by atoms with van der Waals surface area (Å²) in [7, 11) is 0. The van der Waals surface area contributed by atoms with E-state index in [0.29, 0.717) is 41.9 Å². The van der Waals surface area contributed by atoms with Gasteiger partial charge in [0, 0.05) is 12.1 Å². The summed E-state index contributed by atoms with van der Waals surface area (Å²) in [6, 6.07) is 6.15. The van der Waals surface area contributed by atoms with Crippen molar-refractivity contribution < 1.29 is 9.50 Å². The molecule has 6 nitrogen and oxygen atoms in total. The minimum atomic E-state index is -0.957. The van der Waals surface area contributed by atoms with Crippen LogP contribution in [0.15, 0.2) is 36.9 Å². The van der Waals surface area contributed by atoms with Gasteiger partial charge in [0.15, 0.2) is 17.0 Å². The normalized spacial score (nSPS) is 14.5. The number of halogens is 2. The van der Waals surface area contributed by atoms with E-state index in [1.807, 2.05) is 0 Å². The van der Waals surface area contributed by atoms with Crippen molar-refractivity contribution >= 4 is 29.4 Å². The van der Waals surface area contributed by atoms with Gasteiger partial charge in [-0.15, -0.1) is 19.0 Å². The van der Waals surface area contributed by atoms with Crippen molar-refractivity contribution in [1.82, 2.24) is 19.5 Å². The average Bonchev–Trinajstić information content (AvgIpc) is 2.98. The summed E-state index contributed by atoms with van der Waals surface area (Å²) in [4.78, 5) is 13.2. The van der Waals surface area contributed by atoms with Crippen LogP contribution >= 0.6 is 12.4 Å². The number of benzene rings is 1. The van der Waals surface area contributed by atoms with Gasteiger partial charge in [0.25, 0.3) is 0 Å². The molecule has 28 heavy (non-hydrogen) atoms. The number of hydrogen-bond donors (Lipinski definition) is 2. The zero-order chi connectivity index (χ0) is 19.0. The Bertz CT molecular complexity index is 1110. The zero-order valence-corrected chi connectivity index (χ0v) is 15.8. The van der Waals surface area contributed by atoms with Crippen molar-refractivity contribution in [3.8, 4) is 23.2 Å². The summed E-state index contributed by atoms with van der Waals surface area (Å²) in [6.45, 7) is 4.18. The molecule has 0 spiro atoms. The molecule has 1 fully saturated rings. The second-order valence-corrected chi connectivity index (χ2v) is 6.58. The van der Waals surface area contributed by atoms with E-state index < -0.39 is 5.60 Å². The average molecular weight is 400 g/mol. The van der Waals surface area contributed by atoms with E-state index >= 15 is 0 Å². The van der Waals surface area contributed by atoms with Crippen LogP contribution in [-0.4, -0.2) is 30.2 Å². The van der Waals surface area contributed by atoms with Gasteiger partial charge in [-0.25, -0.2) is 19.3 Å². The number of nitrogens with two attached hydrogens (primary N) is 1. The van der Waals surface area contributed by atoms with Crippen LogP contribution in [0.3, 0.4) is 0 Å². The van der Waals surface area contributed by atoms with Gasteiger partial charge < -0.3 is 15.4 Å². The SMILES string of the molecule is C=CCn1c(-c2cccc(F)c2)nc2c(N)nc(C#CC3(O)CCC3)nc21.Cl. The van der Waals surface area contributed by atoms with Gasteiger partial charge in [0.2, 0.25) is 5.82 Å². The van der Waals surface area contributed by atoms with Crippen molar-refractivity contribution in [2.45, 2.75) is 31.4 Å². The third kappa shape index (κ3) is 3.57. The van der Waals surface area contributed by atoms with Gasteiger partial charge in [-0.3, -0.25) is 0 Å². The quantitative estimate of drug-likeness (QED) is 0.521. The zero-order valence-electron chi connectivity index (χ0n) is 15.0. The molecule has 1 aliphatic carbocycles. The highest BCUT2D eigenvalue weighted by Crippen LogP contribution is 2.31. The number of rotatable bonds is 3. The Kier molecular flexibility index (Phi) is 5.36. The second kappa shape index (κ2) is 7.58. The summed E-state index contributed by atoms with van der Waals surface area (Å²) in [5.74, 6) is 6.21. The van der Waals surface area contributed by atoms with E-state index in [2.05, 4.69) is 33.4 Å². The van der Waals surface area contributed by atoms with Crippen molar-refractivity contribution in [2.75, 3.05) is 5.73 Å². The lowest BCUT2D eigenvalue weighted by molar-refractivity contribution is 0.0239. The molecular formula is C20H19ClFN5O. The number of imidazole rings is 1. The molecule has 144 valence electrons. The first-order valence-corrected chi connectivity index (χ1v) is 8.65. The summed E-state index contributed by atoms with van der Waals surface area (Å²) < 4.78 is 15.5. The maximum absolute atomic E-state index is 13.7. The first-order chi connectivity index (χ1) is 13.0. The Balaban J connectivity index is 0.00000225. The maximum Gasteiger partial charge on any atom is 0.209 e. The molecule has 8 heteroatoms. The topological polar surface area (TPSA) is 89.9 Å². The fourth-order valence-corrected chi connectivity index (χ4v) is 3.04. The number of fused-ring (bicyclic) bond motifs is 1. The predicted molar refractivity (Wildman–Crippen MR) is 108 cm³/mol. The number of anilines is 1. The number of allylic oxidation sites excluding steroid dienone is 1. The van der Waals surface area contributed by atoms with Gasteiger partial charge in [-0.1, -0.05) is 24.1 Å². The van der Waals surface area contributed by atoms with Crippen molar-refractivity contribution in [2.24, 2.45) is 0 Å². The number of aromatic nitrogens is 4. The summed E-state index contributed by atoms with van der Waals surface area (Å²) in [5.41, 5.74) is 6.63. The van der Waals surface area contributed by atoms with Crippen LogP contribution in [0.1, 0.15) is 25.1 Å². The lowest BCUT2D eigenvalue weighted by atomic mass is 9.81. The Morgan fingerprint density at radius 3 is 2.75 bits per heavy atom. The Morgan fingerprint density at radius 1 is 1.32 bits per heavy atom. The van der Waals surface area contributed by atoms with E-state index in [4.69, 9.17) is 5.73 Å². The highest BCUT2D eigenvalue weighted by Gasteiger charge is 2.32. The third-order valence-electron chi connectivity index (χ3n) is 4.60. The molecule has 1 saturated carbocycles. The molecule has 0 aliphatic heterocycles. The predicted octanol–water partition coefficient (Wildman–Crippen LogP) is 3.09. The molecule has 0 unspecified atom stereocenters. The van der Waals surface area contributed by atoms with Crippen LogP contribution in [0, 0.1) is 17.7 Å². The molecule has 0 radical (unpaired) electrons. The Morgan fingerprint density at radius 2 is 2.11 bits per heavy atom. The molecule has 3 aromatic rings. The van der Waals surface area contributed by atoms with Crippen LogP contribution in [0.2, 0.25) is 0 Å². The molecule has 3 N–H and O–H groups in total. The van der Waals surface area contributed by atoms with Crippen molar-refractivity contribution in [3.05, 3.63) is 48.6 Å². The smallest absolute Gasteiger partial charge is 0.209 e. The van der Waals surface area contributed by atoms with Crippen molar-refractivity contribution in [1.29, 1.82) is 0 Å². The van der Waals surface area contributed by atoms with Crippen LogP contribution in [-0.2, 0) is 6.54 Å². The molecule has 4 rings (SSSR count). The number of aliphatic hydroxyl groups is 1. The third-order valence-corrected chi connectivity index (χ3v) is 4.60. The molecule has 0 amide bonds. The fraction of sp³-hybridized carbons (Fsp3) is 0.250. The number of nitrogen functional groups attached to an aromatic ring is 1. The monoisotopic (exact) mass is 399 g/mol. The largest absolute Gasteiger partial charge is 0.382 e. The number of hydrogen-bond acceptors (Lipinski definition) is 5. The highest BCUT2D eigenvalue weighted by molar-refractivity contribution is 5.86. The van der Waals surface area contributed by atoms with Crippen molar-refractivity contribution in [3.63, 3.8) is 0 Å². The number of nitrogens with zero attached hydrogens (tertiary/aromatic N) is 4. The minimum Gasteiger partial charge on any atom is -0.382 e. The molecule has 0 atom stereocenters. The molecule has 2 aromatic heterocycles. The summed E-state index contributed by atoms with van der Waals surface area (Å²) >= 11 is 0. The Hall–Kier alpha value is -2.95. The Labute approximate surface area is 167 Å². The van der Waals surface area contributed by atoms with E-state index in [1.165, 1.54) is 12.1 Å². The first-order valence-electron chi connectivity index (χ1n) is 8.65. The molecular weight excluding hydrogens is 381 g/mol. The molecule has 1 aliphatic rings. The maximum atomic E-state index is 13.7. The second-order valence-electron chi connectivity index (χ2n) is 6.58. The van der Waals surface area contributed by atoms with Gasteiger partial charge in [-0.05, 0) is 37.3 Å². The summed E-state index contributed by atoms with van der Waals surface area (Å²) in [5, 5.41) is 10.1. The van der Waals surface area contributed by atoms with E-state index in [9.17, 15) is 9.50 Å². The van der Waals surface area contributed by atoms with Crippen LogP contribution in [0.25, 0.3) is 22.6 Å². The van der Waals surface area contributed by atoms with Gasteiger partial charge in [0.05, 0.1) is 0 Å². The van der Waals surface area contributed by atoms with Gasteiger partial charge in [0.1, 0.15) is 17.2 Å². The molecule has 0 bridgehead atoms. The van der Waals surface area contributed by atoms with Gasteiger partial charge in [-0.2, -0.15) is 0 Å². The lowest BCUT2D eigenvalue weighted by Crippen LogP contribution is -2.34. The van der Waals surface area contributed by atoms with Gasteiger partial charge >= 0.3 is 0 Å². The van der Waals surface area contributed by atoms with Crippen LogP contribution < -0.4 is 5.73 Å². The summed E-state index contributed by atoms with van der Waals surface area (Å²) in [6.07, 6.45) is 3.95. The standard InChI is InChI=1S/C20H18FN5O.ClH/c1-2-11-26-18(13-5-3-6-14(21)12-13)25-16-17(22)23-15(24-19(16)26)7-10-20(27)8-4-9-20;/h2-3,5-6,12,27H,1,4,8-9,11H2,(H2,22,23,24);1H. The van der Waals surface area contributed by atoms with E-state index in [0.717, 1.165) is 6.42 Å². The van der Waals surface area contributed by atoms with E-state index in [1.54, 1.807) is 22.8 Å². The fourth-order valence-electron chi connectivity index (χ4n) is 3.04. The highest BCUT2D eigenvalue weighted by atomic mass is 35.5. The first kappa shape index (κ1) is 19.8.